The monoisotopic (exact) mass is 349 g/mol. The van der Waals surface area contributed by atoms with Crippen LogP contribution in [0.2, 0.25) is 0 Å². The lowest BCUT2D eigenvalue weighted by atomic mass is 10.1. The van der Waals surface area contributed by atoms with Crippen molar-refractivity contribution in [3.8, 4) is 11.1 Å². The van der Waals surface area contributed by atoms with Crippen molar-refractivity contribution >= 4 is 11.5 Å². The van der Waals surface area contributed by atoms with E-state index in [-0.39, 0.29) is 18.1 Å². The molecule has 1 fully saturated rings. The van der Waals surface area contributed by atoms with Gasteiger partial charge in [0, 0.05) is 24.3 Å². The molecule has 1 aliphatic rings. The van der Waals surface area contributed by atoms with Gasteiger partial charge in [-0.1, -0.05) is 41.6 Å². The minimum absolute atomic E-state index is 0.0196. The van der Waals surface area contributed by atoms with Gasteiger partial charge in [-0.05, 0) is 38.3 Å². The van der Waals surface area contributed by atoms with Crippen LogP contribution in [-0.4, -0.2) is 38.3 Å². The van der Waals surface area contributed by atoms with Gasteiger partial charge in [-0.2, -0.15) is 0 Å². The van der Waals surface area contributed by atoms with E-state index in [1.54, 1.807) is 0 Å². The van der Waals surface area contributed by atoms with Gasteiger partial charge in [0.2, 0.25) is 0 Å². The number of nitrogens with zero attached hydrogens (tertiary/aromatic N) is 4. The lowest BCUT2D eigenvalue weighted by molar-refractivity contribution is 0.190. The van der Waals surface area contributed by atoms with Crippen LogP contribution in [0.4, 0.5) is 4.79 Å². The first-order valence-electron chi connectivity index (χ1n) is 9.11. The Labute approximate surface area is 152 Å². The third-order valence-corrected chi connectivity index (χ3v) is 4.79. The molecule has 1 aromatic carbocycles. The first-order valence-corrected chi connectivity index (χ1v) is 9.11. The average Bonchev–Trinajstić information content (AvgIpc) is 3.27. The summed E-state index contributed by atoms with van der Waals surface area (Å²) in [4.78, 5) is 14.4. The first-order chi connectivity index (χ1) is 12.6. The normalized spacial score (nSPS) is 17.2. The fourth-order valence-electron chi connectivity index (χ4n) is 3.58. The van der Waals surface area contributed by atoms with Crippen LogP contribution in [0.3, 0.4) is 0 Å². The van der Waals surface area contributed by atoms with Gasteiger partial charge in [-0.25, -0.2) is 9.31 Å². The molecule has 1 unspecified atom stereocenters. The second-order valence-corrected chi connectivity index (χ2v) is 7.04. The number of pyridine rings is 1. The Morgan fingerprint density at radius 3 is 2.73 bits per heavy atom. The maximum atomic E-state index is 12.5. The van der Waals surface area contributed by atoms with Gasteiger partial charge in [0.1, 0.15) is 5.69 Å². The zero-order chi connectivity index (χ0) is 18.1. The molecular formula is C20H23N5O. The van der Waals surface area contributed by atoms with Crippen molar-refractivity contribution < 1.29 is 4.79 Å². The van der Waals surface area contributed by atoms with E-state index in [0.717, 1.165) is 41.7 Å². The predicted octanol–water partition coefficient (Wildman–Crippen LogP) is 3.65. The molecule has 26 heavy (non-hydrogen) atoms. The fraction of sp³-hybridized carbons (Fsp3) is 0.350. The number of aromatic nitrogens is 3. The van der Waals surface area contributed by atoms with Gasteiger partial charge >= 0.3 is 6.03 Å². The van der Waals surface area contributed by atoms with Gasteiger partial charge in [0.05, 0.1) is 11.6 Å². The number of carbonyl (C=O) groups is 1. The maximum absolute atomic E-state index is 12.5. The van der Waals surface area contributed by atoms with Gasteiger partial charge in [-0.3, -0.25) is 0 Å². The van der Waals surface area contributed by atoms with Crippen molar-refractivity contribution in [3.05, 3.63) is 54.4 Å². The number of rotatable bonds is 3. The molecule has 2 aromatic heterocycles. The van der Waals surface area contributed by atoms with Crippen molar-refractivity contribution in [2.75, 3.05) is 6.54 Å². The van der Waals surface area contributed by atoms with Crippen LogP contribution in [0, 0.1) is 0 Å². The second kappa shape index (κ2) is 6.78. The highest BCUT2D eigenvalue weighted by Crippen LogP contribution is 2.33. The van der Waals surface area contributed by atoms with E-state index in [9.17, 15) is 4.79 Å². The van der Waals surface area contributed by atoms with Crippen molar-refractivity contribution in [2.24, 2.45) is 0 Å². The Kier molecular flexibility index (Phi) is 4.32. The smallest absolute Gasteiger partial charge is 0.318 e. The summed E-state index contributed by atoms with van der Waals surface area (Å²) in [6.07, 6.45) is 3.90. The zero-order valence-electron chi connectivity index (χ0n) is 15.1. The largest absolute Gasteiger partial charge is 0.336 e. The minimum atomic E-state index is -0.0236. The van der Waals surface area contributed by atoms with E-state index >= 15 is 0 Å². The van der Waals surface area contributed by atoms with Crippen molar-refractivity contribution in [3.63, 3.8) is 0 Å². The Morgan fingerprint density at radius 2 is 1.96 bits per heavy atom. The quantitative estimate of drug-likeness (QED) is 0.785. The average molecular weight is 349 g/mol. The van der Waals surface area contributed by atoms with Crippen LogP contribution < -0.4 is 5.32 Å². The van der Waals surface area contributed by atoms with E-state index in [1.807, 2.05) is 47.7 Å². The molecule has 6 heteroatoms. The highest BCUT2D eigenvalue weighted by Gasteiger charge is 2.33. The molecule has 1 N–H and O–H groups in total. The third kappa shape index (κ3) is 3.03. The summed E-state index contributed by atoms with van der Waals surface area (Å²) in [6.45, 7) is 4.70. The molecular weight excluding hydrogens is 326 g/mol. The Morgan fingerprint density at radius 1 is 1.15 bits per heavy atom. The van der Waals surface area contributed by atoms with Gasteiger partial charge in [-0.15, -0.1) is 5.10 Å². The number of hydrogen-bond donors (Lipinski definition) is 1. The molecule has 4 rings (SSSR count). The van der Waals surface area contributed by atoms with Crippen LogP contribution in [0.1, 0.15) is 38.4 Å². The summed E-state index contributed by atoms with van der Waals surface area (Å²) in [5, 5.41) is 11.7. The molecule has 6 nitrogen and oxygen atoms in total. The number of hydrogen-bond acceptors (Lipinski definition) is 3. The Balaban J connectivity index is 1.66. The third-order valence-electron chi connectivity index (χ3n) is 4.79. The number of amides is 2. The van der Waals surface area contributed by atoms with E-state index in [1.165, 1.54) is 0 Å². The Hall–Kier alpha value is -2.89. The van der Waals surface area contributed by atoms with E-state index in [4.69, 9.17) is 0 Å². The van der Waals surface area contributed by atoms with Crippen molar-refractivity contribution in [1.82, 2.24) is 25.0 Å². The summed E-state index contributed by atoms with van der Waals surface area (Å²) in [6, 6.07) is 14.4. The van der Waals surface area contributed by atoms with E-state index < -0.39 is 0 Å². The van der Waals surface area contributed by atoms with Crippen LogP contribution in [-0.2, 0) is 0 Å². The molecule has 1 atom stereocenters. The van der Waals surface area contributed by atoms with Crippen LogP contribution in [0.25, 0.3) is 16.6 Å². The molecule has 2 amide bonds. The van der Waals surface area contributed by atoms with E-state index in [0.29, 0.717) is 0 Å². The predicted molar refractivity (Wildman–Crippen MR) is 101 cm³/mol. The number of fused-ring (bicyclic) bond motifs is 1. The first kappa shape index (κ1) is 16.6. The standard InChI is InChI=1S/C20H23N5O/c1-14(2)21-20(26)24-12-6-9-17(24)19-18-11-10-16(13-25(18)23-22-19)15-7-4-3-5-8-15/h3-5,7-8,10-11,13-14,17H,6,9,12H2,1-2H3,(H,21,26). The maximum Gasteiger partial charge on any atom is 0.318 e. The van der Waals surface area contributed by atoms with Crippen molar-refractivity contribution in [1.29, 1.82) is 0 Å². The molecule has 3 aromatic rings. The fourth-order valence-corrected chi connectivity index (χ4v) is 3.58. The number of nitrogens with one attached hydrogen (secondary N) is 1. The summed E-state index contributed by atoms with van der Waals surface area (Å²) in [7, 11) is 0. The molecule has 0 aliphatic carbocycles. The van der Waals surface area contributed by atoms with Gasteiger partial charge < -0.3 is 10.2 Å². The second-order valence-electron chi connectivity index (χ2n) is 7.04. The number of likely N-dealkylation sites (tertiary alicyclic amines) is 1. The summed E-state index contributed by atoms with van der Waals surface area (Å²) in [5.74, 6) is 0. The highest BCUT2D eigenvalue weighted by molar-refractivity contribution is 5.76. The van der Waals surface area contributed by atoms with E-state index in [2.05, 4.69) is 39.9 Å². The zero-order valence-corrected chi connectivity index (χ0v) is 15.1. The number of carbonyl (C=O) groups excluding carboxylic acids is 1. The molecule has 134 valence electrons. The van der Waals surface area contributed by atoms with Crippen LogP contribution >= 0.6 is 0 Å². The SMILES string of the molecule is CC(C)NC(=O)N1CCCC1c1nnn2cc(-c3ccccc3)ccc12. The molecule has 0 radical (unpaired) electrons. The summed E-state index contributed by atoms with van der Waals surface area (Å²) in [5.41, 5.74) is 4.07. The summed E-state index contributed by atoms with van der Waals surface area (Å²) < 4.78 is 1.81. The lowest BCUT2D eigenvalue weighted by Gasteiger charge is -2.24. The van der Waals surface area contributed by atoms with Crippen LogP contribution in [0.5, 0.6) is 0 Å². The topological polar surface area (TPSA) is 62.5 Å². The molecule has 0 spiro atoms. The Bertz CT molecular complexity index is 918. The molecule has 0 bridgehead atoms. The molecule has 0 saturated carbocycles. The van der Waals surface area contributed by atoms with Crippen LogP contribution in [0.15, 0.2) is 48.7 Å². The molecule has 3 heterocycles. The number of urea groups is 1. The van der Waals surface area contributed by atoms with Gasteiger partial charge in [0.15, 0.2) is 0 Å². The molecule has 1 saturated heterocycles. The summed E-state index contributed by atoms with van der Waals surface area (Å²) >= 11 is 0. The van der Waals surface area contributed by atoms with Gasteiger partial charge in [0.25, 0.3) is 0 Å². The number of benzene rings is 1. The molecule has 1 aliphatic heterocycles. The van der Waals surface area contributed by atoms with Crippen molar-refractivity contribution in [2.45, 2.75) is 38.8 Å². The highest BCUT2D eigenvalue weighted by atomic mass is 16.2. The minimum Gasteiger partial charge on any atom is -0.336 e. The lowest BCUT2D eigenvalue weighted by Crippen LogP contribution is -2.42.